The smallest absolute Gasteiger partial charge is 0.410 e. The van der Waals surface area contributed by atoms with E-state index < -0.39 is 12.3 Å². The normalized spacial score (nSPS) is 19.0. The molecule has 5 nitrogen and oxygen atoms in total. The van der Waals surface area contributed by atoms with Gasteiger partial charge in [-0.1, -0.05) is 18.2 Å². The number of aromatic nitrogens is 1. The van der Waals surface area contributed by atoms with Crippen LogP contribution in [0.1, 0.15) is 19.3 Å². The minimum atomic E-state index is -0.928. The molecule has 1 aromatic heterocycles. The Morgan fingerprint density at radius 1 is 1.30 bits per heavy atom. The van der Waals surface area contributed by atoms with Crippen LogP contribution in [-0.2, 0) is 0 Å². The average molecular weight is 272 g/mol. The average Bonchev–Trinajstić information content (AvgIpc) is 2.48. The zero-order valence-electron chi connectivity index (χ0n) is 11.0. The molecular formula is C15H16N2O3. The molecule has 0 radical (unpaired) electrons. The predicted octanol–water partition coefficient (Wildman–Crippen LogP) is 3.10. The minimum Gasteiger partial charge on any atom is -0.468 e. The van der Waals surface area contributed by atoms with Crippen LogP contribution in [-0.4, -0.2) is 33.9 Å². The fraction of sp³-hybridized carbons (Fsp3) is 0.333. The number of hydrogen-bond donors (Lipinski definition) is 1. The SMILES string of the molecule is O=C(O)N1CCCCC1Oc1cccc2cccnc12. The number of carbonyl (C=O) groups is 1. The lowest BCUT2D eigenvalue weighted by molar-refractivity contribution is 0.00677. The van der Waals surface area contributed by atoms with Gasteiger partial charge in [-0.15, -0.1) is 0 Å². The van der Waals surface area contributed by atoms with E-state index in [1.54, 1.807) is 6.20 Å². The van der Waals surface area contributed by atoms with Gasteiger partial charge in [-0.2, -0.15) is 0 Å². The number of amides is 1. The zero-order valence-corrected chi connectivity index (χ0v) is 11.0. The van der Waals surface area contributed by atoms with Gasteiger partial charge < -0.3 is 9.84 Å². The monoisotopic (exact) mass is 272 g/mol. The van der Waals surface area contributed by atoms with Gasteiger partial charge in [0.05, 0.1) is 0 Å². The number of piperidine rings is 1. The Hall–Kier alpha value is -2.30. The molecule has 1 N–H and O–H groups in total. The first-order valence-corrected chi connectivity index (χ1v) is 6.76. The minimum absolute atomic E-state index is 0.422. The van der Waals surface area contributed by atoms with Crippen molar-refractivity contribution < 1.29 is 14.6 Å². The Morgan fingerprint density at radius 3 is 3.00 bits per heavy atom. The van der Waals surface area contributed by atoms with Crippen LogP contribution in [0.5, 0.6) is 5.75 Å². The number of nitrogens with zero attached hydrogens (tertiary/aromatic N) is 2. The van der Waals surface area contributed by atoms with Crippen molar-refractivity contribution in [3.63, 3.8) is 0 Å². The Labute approximate surface area is 116 Å². The molecule has 0 spiro atoms. The standard InChI is InChI=1S/C15H16N2O3/c18-15(19)17-10-2-1-8-13(17)20-12-7-3-5-11-6-4-9-16-14(11)12/h3-7,9,13H,1-2,8,10H2,(H,18,19). The summed E-state index contributed by atoms with van der Waals surface area (Å²) in [6.07, 6.45) is 2.95. The Kier molecular flexibility index (Phi) is 3.41. The summed E-state index contributed by atoms with van der Waals surface area (Å²) >= 11 is 0. The lowest BCUT2D eigenvalue weighted by Gasteiger charge is -2.33. The number of pyridine rings is 1. The Balaban J connectivity index is 1.90. The van der Waals surface area contributed by atoms with E-state index in [4.69, 9.17) is 4.74 Å². The van der Waals surface area contributed by atoms with Crippen LogP contribution in [0.2, 0.25) is 0 Å². The molecule has 1 aliphatic rings. The van der Waals surface area contributed by atoms with Gasteiger partial charge in [0.25, 0.3) is 0 Å². The molecular weight excluding hydrogens is 256 g/mol. The van der Waals surface area contributed by atoms with Gasteiger partial charge >= 0.3 is 6.09 Å². The largest absolute Gasteiger partial charge is 0.468 e. The van der Waals surface area contributed by atoms with E-state index in [2.05, 4.69) is 4.98 Å². The number of hydrogen-bond acceptors (Lipinski definition) is 3. The molecule has 1 aliphatic heterocycles. The molecule has 1 fully saturated rings. The molecule has 104 valence electrons. The van der Waals surface area contributed by atoms with Gasteiger partial charge in [0.15, 0.2) is 6.23 Å². The van der Waals surface area contributed by atoms with Crippen LogP contribution in [0.3, 0.4) is 0 Å². The molecule has 0 saturated carbocycles. The first-order valence-electron chi connectivity index (χ1n) is 6.76. The highest BCUT2D eigenvalue weighted by atomic mass is 16.5. The summed E-state index contributed by atoms with van der Waals surface area (Å²) in [7, 11) is 0. The molecule has 20 heavy (non-hydrogen) atoms. The van der Waals surface area contributed by atoms with Gasteiger partial charge in [0, 0.05) is 24.5 Å². The van der Waals surface area contributed by atoms with Gasteiger partial charge in [-0.3, -0.25) is 9.88 Å². The molecule has 1 amide bonds. The van der Waals surface area contributed by atoms with Gasteiger partial charge in [-0.25, -0.2) is 4.79 Å². The molecule has 1 unspecified atom stereocenters. The maximum atomic E-state index is 11.2. The molecule has 2 heterocycles. The van der Waals surface area contributed by atoms with Crippen LogP contribution in [0.4, 0.5) is 4.79 Å². The zero-order chi connectivity index (χ0) is 13.9. The van der Waals surface area contributed by atoms with Gasteiger partial charge in [0.2, 0.25) is 0 Å². The summed E-state index contributed by atoms with van der Waals surface area (Å²) in [5.41, 5.74) is 0.769. The maximum Gasteiger partial charge on any atom is 0.410 e. The number of ether oxygens (including phenoxy) is 1. The van der Waals surface area contributed by atoms with Crippen molar-refractivity contribution in [2.45, 2.75) is 25.5 Å². The van der Waals surface area contributed by atoms with Crippen molar-refractivity contribution in [1.29, 1.82) is 0 Å². The molecule has 0 aliphatic carbocycles. The van der Waals surface area contributed by atoms with Crippen LogP contribution >= 0.6 is 0 Å². The van der Waals surface area contributed by atoms with Crippen molar-refractivity contribution >= 4 is 17.0 Å². The summed E-state index contributed by atoms with van der Waals surface area (Å²) < 4.78 is 5.93. The predicted molar refractivity (Wildman–Crippen MR) is 74.7 cm³/mol. The molecule has 5 heteroatoms. The number of benzene rings is 1. The number of rotatable bonds is 2. The van der Waals surface area contributed by atoms with Crippen LogP contribution < -0.4 is 4.74 Å². The Bertz CT molecular complexity index is 624. The van der Waals surface area contributed by atoms with E-state index in [9.17, 15) is 9.90 Å². The van der Waals surface area contributed by atoms with E-state index in [1.807, 2.05) is 30.3 Å². The fourth-order valence-corrected chi connectivity index (χ4v) is 2.56. The van der Waals surface area contributed by atoms with Crippen LogP contribution in [0.15, 0.2) is 36.5 Å². The topological polar surface area (TPSA) is 62.7 Å². The van der Waals surface area contributed by atoms with E-state index in [1.165, 1.54) is 4.90 Å². The van der Waals surface area contributed by atoms with E-state index in [0.717, 1.165) is 30.2 Å². The van der Waals surface area contributed by atoms with Crippen LogP contribution in [0, 0.1) is 0 Å². The third kappa shape index (κ3) is 2.39. The van der Waals surface area contributed by atoms with Crippen molar-refractivity contribution in [2.24, 2.45) is 0 Å². The summed E-state index contributed by atoms with van der Waals surface area (Å²) in [5.74, 6) is 0.640. The van der Waals surface area contributed by atoms with Crippen LogP contribution in [0.25, 0.3) is 10.9 Å². The molecule has 2 aromatic rings. The van der Waals surface area contributed by atoms with E-state index in [-0.39, 0.29) is 0 Å². The van der Waals surface area contributed by atoms with Crippen molar-refractivity contribution in [1.82, 2.24) is 9.88 Å². The van der Waals surface area contributed by atoms with Gasteiger partial charge in [0.1, 0.15) is 11.3 Å². The van der Waals surface area contributed by atoms with Gasteiger partial charge in [-0.05, 0) is 25.0 Å². The molecule has 0 bridgehead atoms. The third-order valence-electron chi connectivity index (χ3n) is 3.55. The second-order valence-corrected chi connectivity index (χ2v) is 4.88. The van der Waals surface area contributed by atoms with E-state index >= 15 is 0 Å². The van der Waals surface area contributed by atoms with E-state index in [0.29, 0.717) is 12.3 Å². The summed E-state index contributed by atoms with van der Waals surface area (Å²) in [6, 6.07) is 9.53. The highest BCUT2D eigenvalue weighted by molar-refractivity contribution is 5.84. The number of fused-ring (bicyclic) bond motifs is 1. The van der Waals surface area contributed by atoms with Crippen molar-refractivity contribution in [3.8, 4) is 5.75 Å². The summed E-state index contributed by atoms with van der Waals surface area (Å²) in [6.45, 7) is 0.526. The summed E-state index contributed by atoms with van der Waals surface area (Å²) in [5, 5.41) is 10.2. The number of para-hydroxylation sites is 1. The molecule has 1 atom stereocenters. The lowest BCUT2D eigenvalue weighted by Crippen LogP contribution is -2.46. The first kappa shape index (κ1) is 12.7. The quantitative estimate of drug-likeness (QED) is 0.912. The maximum absolute atomic E-state index is 11.2. The molecule has 1 saturated heterocycles. The Morgan fingerprint density at radius 2 is 2.15 bits per heavy atom. The third-order valence-corrected chi connectivity index (χ3v) is 3.55. The second kappa shape index (κ2) is 5.36. The number of carboxylic acid groups (broad SMARTS) is 1. The second-order valence-electron chi connectivity index (χ2n) is 4.88. The fourth-order valence-electron chi connectivity index (χ4n) is 2.56. The summed E-state index contributed by atoms with van der Waals surface area (Å²) in [4.78, 5) is 16.9. The van der Waals surface area contributed by atoms with Crippen molar-refractivity contribution in [3.05, 3.63) is 36.5 Å². The highest BCUT2D eigenvalue weighted by Gasteiger charge is 2.28. The molecule has 3 rings (SSSR count). The van der Waals surface area contributed by atoms with Crippen molar-refractivity contribution in [2.75, 3.05) is 6.54 Å². The lowest BCUT2D eigenvalue weighted by atomic mass is 10.1. The first-order chi connectivity index (χ1) is 9.75. The number of likely N-dealkylation sites (tertiary alicyclic amines) is 1. The molecule has 1 aromatic carbocycles. The highest BCUT2D eigenvalue weighted by Crippen LogP contribution is 2.27.